The molecule has 0 saturated heterocycles. The van der Waals surface area contributed by atoms with Gasteiger partial charge in [-0.1, -0.05) is 18.2 Å². The molecule has 0 aliphatic rings. The summed E-state index contributed by atoms with van der Waals surface area (Å²) in [5, 5.41) is 9.65. The molecule has 0 unspecified atom stereocenters. The van der Waals surface area contributed by atoms with Gasteiger partial charge in [-0.05, 0) is 18.2 Å². The highest BCUT2D eigenvalue weighted by Crippen LogP contribution is 2.36. The normalized spacial score (nSPS) is 10.6. The van der Waals surface area contributed by atoms with Crippen LogP contribution in [0, 0.1) is 0 Å². The van der Waals surface area contributed by atoms with E-state index in [4.69, 9.17) is 13.9 Å². The molecule has 122 valence electrons. The van der Waals surface area contributed by atoms with Crippen molar-refractivity contribution in [2.75, 3.05) is 14.2 Å². The maximum Gasteiger partial charge on any atom is 0.336 e. The molecule has 0 radical (unpaired) electrons. The zero-order valence-corrected chi connectivity index (χ0v) is 13.0. The van der Waals surface area contributed by atoms with E-state index in [2.05, 4.69) is 0 Å². The summed E-state index contributed by atoms with van der Waals surface area (Å²) in [5.41, 5.74) is 0.266. The molecule has 6 heteroatoms. The number of carboxylic acids is 1. The van der Waals surface area contributed by atoms with Gasteiger partial charge in [-0.25, -0.2) is 4.79 Å². The van der Waals surface area contributed by atoms with Gasteiger partial charge in [0.2, 0.25) is 5.75 Å². The van der Waals surface area contributed by atoms with Crippen LogP contribution in [0.5, 0.6) is 11.5 Å². The van der Waals surface area contributed by atoms with E-state index in [0.717, 1.165) is 0 Å². The summed E-state index contributed by atoms with van der Waals surface area (Å²) in [4.78, 5) is 23.8. The maximum absolute atomic E-state index is 12.4. The van der Waals surface area contributed by atoms with Crippen LogP contribution in [0.25, 0.3) is 22.3 Å². The number of hydrogen-bond donors (Lipinski definition) is 1. The zero-order valence-electron chi connectivity index (χ0n) is 13.0. The monoisotopic (exact) mass is 326 g/mol. The number of methoxy groups -OCH3 is 2. The van der Waals surface area contributed by atoms with E-state index in [1.807, 2.05) is 0 Å². The first-order valence-corrected chi connectivity index (χ1v) is 7.08. The predicted molar refractivity (Wildman–Crippen MR) is 88.0 cm³/mol. The molecule has 0 aliphatic carbocycles. The molecule has 1 aromatic heterocycles. The van der Waals surface area contributed by atoms with Crippen molar-refractivity contribution >= 4 is 16.9 Å². The van der Waals surface area contributed by atoms with Crippen LogP contribution in [0.2, 0.25) is 0 Å². The molecule has 0 atom stereocenters. The van der Waals surface area contributed by atoms with Gasteiger partial charge in [0.15, 0.2) is 16.8 Å². The van der Waals surface area contributed by atoms with Crippen molar-refractivity contribution in [2.24, 2.45) is 0 Å². The molecular formula is C18H14O6. The van der Waals surface area contributed by atoms with Crippen molar-refractivity contribution in [3.8, 4) is 22.8 Å². The van der Waals surface area contributed by atoms with Crippen LogP contribution < -0.4 is 14.9 Å². The van der Waals surface area contributed by atoms with Crippen molar-refractivity contribution in [3.05, 3.63) is 58.3 Å². The number of benzene rings is 2. The highest BCUT2D eigenvalue weighted by Gasteiger charge is 2.18. The summed E-state index contributed by atoms with van der Waals surface area (Å²) in [6.45, 7) is 0. The van der Waals surface area contributed by atoms with Gasteiger partial charge in [0.05, 0.1) is 25.2 Å². The van der Waals surface area contributed by atoms with E-state index in [-0.39, 0.29) is 28.1 Å². The lowest BCUT2D eigenvalue weighted by atomic mass is 10.0. The van der Waals surface area contributed by atoms with Gasteiger partial charge >= 0.3 is 5.97 Å². The minimum Gasteiger partial charge on any atom is -0.493 e. The quantitative estimate of drug-likeness (QED) is 0.792. The highest BCUT2D eigenvalue weighted by molar-refractivity contribution is 5.96. The Hall–Kier alpha value is -3.28. The van der Waals surface area contributed by atoms with Crippen molar-refractivity contribution < 1.29 is 23.8 Å². The fourth-order valence-electron chi connectivity index (χ4n) is 2.55. The minimum absolute atomic E-state index is 0.0434. The summed E-state index contributed by atoms with van der Waals surface area (Å²) in [7, 11) is 2.92. The SMILES string of the molecule is COc1ccc2c(=O)cc(-c3ccccc3C(=O)O)oc2c1OC. The lowest BCUT2D eigenvalue weighted by molar-refractivity contribution is 0.0697. The second-order valence-corrected chi connectivity index (χ2v) is 5.00. The number of carbonyl (C=O) groups is 1. The molecular weight excluding hydrogens is 312 g/mol. The first-order chi connectivity index (χ1) is 11.6. The Bertz CT molecular complexity index is 986. The van der Waals surface area contributed by atoms with Crippen molar-refractivity contribution in [1.29, 1.82) is 0 Å². The van der Waals surface area contributed by atoms with Crippen LogP contribution in [0.15, 0.2) is 51.7 Å². The predicted octanol–water partition coefficient (Wildman–Crippen LogP) is 3.18. The molecule has 0 aliphatic heterocycles. The average Bonchev–Trinajstić information content (AvgIpc) is 2.60. The molecule has 0 bridgehead atoms. The zero-order chi connectivity index (χ0) is 17.3. The van der Waals surface area contributed by atoms with E-state index in [1.165, 1.54) is 26.4 Å². The maximum atomic E-state index is 12.4. The fraction of sp³-hybridized carbons (Fsp3) is 0.111. The van der Waals surface area contributed by atoms with Crippen LogP contribution in [-0.4, -0.2) is 25.3 Å². The Balaban J connectivity index is 2.36. The molecule has 0 amide bonds. The Morgan fingerprint density at radius 3 is 2.50 bits per heavy atom. The summed E-state index contributed by atoms with van der Waals surface area (Å²) in [6.07, 6.45) is 0. The van der Waals surface area contributed by atoms with Crippen LogP contribution in [0.1, 0.15) is 10.4 Å². The van der Waals surface area contributed by atoms with Gasteiger partial charge in [-0.2, -0.15) is 0 Å². The molecule has 1 N–H and O–H groups in total. The van der Waals surface area contributed by atoms with Crippen LogP contribution in [-0.2, 0) is 0 Å². The summed E-state index contributed by atoms with van der Waals surface area (Å²) >= 11 is 0. The molecule has 6 nitrogen and oxygen atoms in total. The molecule has 24 heavy (non-hydrogen) atoms. The molecule has 3 aromatic rings. The van der Waals surface area contributed by atoms with Gasteiger partial charge in [-0.3, -0.25) is 4.79 Å². The molecule has 3 rings (SSSR count). The van der Waals surface area contributed by atoms with E-state index >= 15 is 0 Å². The first kappa shape index (κ1) is 15.6. The first-order valence-electron chi connectivity index (χ1n) is 7.08. The minimum atomic E-state index is -1.11. The second kappa shape index (κ2) is 6.08. The smallest absolute Gasteiger partial charge is 0.336 e. The number of aromatic carboxylic acids is 1. The van der Waals surface area contributed by atoms with Crippen LogP contribution in [0.4, 0.5) is 0 Å². The number of ether oxygens (including phenoxy) is 2. The van der Waals surface area contributed by atoms with Gasteiger partial charge in [0.25, 0.3) is 0 Å². The average molecular weight is 326 g/mol. The van der Waals surface area contributed by atoms with Gasteiger partial charge in [-0.15, -0.1) is 0 Å². The number of carboxylic acid groups (broad SMARTS) is 1. The van der Waals surface area contributed by atoms with E-state index in [1.54, 1.807) is 30.3 Å². The molecule has 2 aromatic carbocycles. The lowest BCUT2D eigenvalue weighted by Gasteiger charge is -2.11. The molecule has 0 saturated carbocycles. The van der Waals surface area contributed by atoms with Gasteiger partial charge < -0.3 is 19.0 Å². The third-order valence-corrected chi connectivity index (χ3v) is 3.66. The Morgan fingerprint density at radius 2 is 1.83 bits per heavy atom. The lowest BCUT2D eigenvalue weighted by Crippen LogP contribution is -2.04. The number of fused-ring (bicyclic) bond motifs is 1. The van der Waals surface area contributed by atoms with Gasteiger partial charge in [0.1, 0.15) is 5.76 Å². The Labute approximate surface area is 136 Å². The largest absolute Gasteiger partial charge is 0.493 e. The van der Waals surface area contributed by atoms with E-state index < -0.39 is 5.97 Å². The van der Waals surface area contributed by atoms with E-state index in [9.17, 15) is 14.7 Å². The van der Waals surface area contributed by atoms with Gasteiger partial charge in [0, 0.05) is 11.6 Å². The second-order valence-electron chi connectivity index (χ2n) is 5.00. The summed E-state index contributed by atoms with van der Waals surface area (Å²) < 4.78 is 16.3. The third kappa shape index (κ3) is 2.48. The number of hydrogen-bond acceptors (Lipinski definition) is 5. The van der Waals surface area contributed by atoms with Crippen molar-refractivity contribution in [1.82, 2.24) is 0 Å². The Morgan fingerprint density at radius 1 is 1.08 bits per heavy atom. The molecule has 0 spiro atoms. The van der Waals surface area contributed by atoms with Crippen LogP contribution in [0.3, 0.4) is 0 Å². The Kier molecular flexibility index (Phi) is 3.95. The standard InChI is InChI=1S/C18H14O6/c1-22-14-8-7-12-13(19)9-15(24-16(12)17(14)23-2)10-5-3-4-6-11(10)18(20)21/h3-9H,1-2H3,(H,20,21). The fourth-order valence-corrected chi connectivity index (χ4v) is 2.55. The van der Waals surface area contributed by atoms with Crippen LogP contribution >= 0.6 is 0 Å². The molecule has 0 fully saturated rings. The van der Waals surface area contributed by atoms with E-state index in [0.29, 0.717) is 16.7 Å². The highest BCUT2D eigenvalue weighted by atomic mass is 16.5. The third-order valence-electron chi connectivity index (χ3n) is 3.66. The topological polar surface area (TPSA) is 86.0 Å². The molecule has 1 heterocycles. The number of rotatable bonds is 4. The summed E-state index contributed by atoms with van der Waals surface area (Å²) in [5.74, 6) is -0.262. The summed E-state index contributed by atoms with van der Waals surface area (Å²) in [6, 6.07) is 10.8. The van der Waals surface area contributed by atoms with Crippen molar-refractivity contribution in [3.63, 3.8) is 0 Å². The van der Waals surface area contributed by atoms with Crippen molar-refractivity contribution in [2.45, 2.75) is 0 Å².